The second-order valence-corrected chi connectivity index (χ2v) is 2.58. The van der Waals surface area contributed by atoms with Crippen molar-refractivity contribution < 1.29 is 18.0 Å². The molecule has 1 heterocycles. The Kier molecular flexibility index (Phi) is 2.73. The Hall–Kier alpha value is -1.59. The molecule has 0 aromatic carbocycles. The van der Waals surface area contributed by atoms with E-state index in [0.717, 1.165) is 0 Å². The van der Waals surface area contributed by atoms with E-state index >= 15 is 0 Å². The number of carbonyl (C=O) groups excluding carboxylic acids is 1. The third-order valence-corrected chi connectivity index (χ3v) is 1.49. The van der Waals surface area contributed by atoms with Gasteiger partial charge in [-0.3, -0.25) is 4.79 Å². The third-order valence-electron chi connectivity index (χ3n) is 1.49. The minimum Gasteiger partial charge on any atom is -0.336 e. The third kappa shape index (κ3) is 2.45. The largest absolute Gasteiger partial charge is 0.473 e. The van der Waals surface area contributed by atoms with Crippen molar-refractivity contribution in [2.24, 2.45) is 12.0 Å². The summed E-state index contributed by atoms with van der Waals surface area (Å²) in [5.41, 5.74) is -0.0326. The molecule has 0 fully saturated rings. The maximum atomic E-state index is 11.8. The standard InChI is InChI=1S/C8H7F3N2O/c1-13-5-3-2-4-6(13)12-7(14)8(9,10)11/h2-5H,1H3. The van der Waals surface area contributed by atoms with Crippen molar-refractivity contribution in [2.75, 3.05) is 0 Å². The molecule has 0 aliphatic heterocycles. The maximum Gasteiger partial charge on any atom is 0.473 e. The first-order valence-corrected chi connectivity index (χ1v) is 3.69. The van der Waals surface area contributed by atoms with E-state index in [4.69, 9.17) is 0 Å². The molecule has 1 aromatic rings. The summed E-state index contributed by atoms with van der Waals surface area (Å²) in [6.45, 7) is 0. The van der Waals surface area contributed by atoms with E-state index < -0.39 is 12.1 Å². The fourth-order valence-electron chi connectivity index (χ4n) is 0.798. The molecular formula is C8H7F3N2O. The summed E-state index contributed by atoms with van der Waals surface area (Å²) in [6.07, 6.45) is -3.41. The predicted octanol–water partition coefficient (Wildman–Crippen LogP) is 1.01. The Balaban J connectivity index is 3.12. The van der Waals surface area contributed by atoms with E-state index in [1.165, 1.54) is 29.9 Å². The van der Waals surface area contributed by atoms with Crippen molar-refractivity contribution in [1.82, 2.24) is 4.57 Å². The normalized spacial score (nSPS) is 13.0. The van der Waals surface area contributed by atoms with Crippen LogP contribution < -0.4 is 5.49 Å². The SMILES string of the molecule is Cn1ccccc1=NC(=O)C(F)(F)F. The molecule has 0 saturated heterocycles. The first-order valence-electron chi connectivity index (χ1n) is 3.69. The fourth-order valence-corrected chi connectivity index (χ4v) is 0.798. The van der Waals surface area contributed by atoms with Crippen LogP contribution in [0, 0.1) is 0 Å². The molecule has 0 radical (unpaired) electrons. The highest BCUT2D eigenvalue weighted by atomic mass is 19.4. The highest BCUT2D eigenvalue weighted by Gasteiger charge is 2.38. The van der Waals surface area contributed by atoms with Gasteiger partial charge in [-0.15, -0.1) is 0 Å². The van der Waals surface area contributed by atoms with Crippen LogP contribution in [-0.4, -0.2) is 16.7 Å². The van der Waals surface area contributed by atoms with Gasteiger partial charge in [0.2, 0.25) is 0 Å². The number of halogens is 3. The van der Waals surface area contributed by atoms with Gasteiger partial charge in [-0.2, -0.15) is 18.2 Å². The minimum absolute atomic E-state index is 0.0326. The Labute approximate surface area is 77.5 Å². The summed E-state index contributed by atoms with van der Waals surface area (Å²) < 4.78 is 36.8. The van der Waals surface area contributed by atoms with Crippen LogP contribution >= 0.6 is 0 Å². The molecule has 14 heavy (non-hydrogen) atoms. The summed E-state index contributed by atoms with van der Waals surface area (Å²) in [5, 5.41) is 0. The molecule has 0 spiro atoms. The van der Waals surface area contributed by atoms with Crippen LogP contribution in [0.3, 0.4) is 0 Å². The Morgan fingerprint density at radius 1 is 1.43 bits per heavy atom. The van der Waals surface area contributed by atoms with Crippen LogP contribution in [0.4, 0.5) is 13.2 Å². The van der Waals surface area contributed by atoms with Crippen LogP contribution in [0.15, 0.2) is 29.4 Å². The zero-order valence-corrected chi connectivity index (χ0v) is 7.25. The number of hydrogen-bond acceptors (Lipinski definition) is 1. The molecule has 0 aliphatic rings. The van der Waals surface area contributed by atoms with Gasteiger partial charge >= 0.3 is 12.1 Å². The Morgan fingerprint density at radius 2 is 2.07 bits per heavy atom. The lowest BCUT2D eigenvalue weighted by Crippen LogP contribution is -2.26. The average Bonchev–Trinajstić information content (AvgIpc) is 2.07. The number of aryl methyl sites for hydroxylation is 1. The summed E-state index contributed by atoms with van der Waals surface area (Å²) in [7, 11) is 1.50. The van der Waals surface area contributed by atoms with E-state index in [9.17, 15) is 18.0 Å². The van der Waals surface area contributed by atoms with Crippen LogP contribution in [-0.2, 0) is 11.8 Å². The summed E-state index contributed by atoms with van der Waals surface area (Å²) in [6, 6.07) is 4.45. The molecular weight excluding hydrogens is 197 g/mol. The number of amides is 1. The zero-order chi connectivity index (χ0) is 10.8. The van der Waals surface area contributed by atoms with Crippen LogP contribution in [0.1, 0.15) is 0 Å². The van der Waals surface area contributed by atoms with Gasteiger partial charge in [-0.25, -0.2) is 0 Å². The van der Waals surface area contributed by atoms with Gasteiger partial charge in [0.1, 0.15) is 5.49 Å². The van der Waals surface area contributed by atoms with E-state index in [-0.39, 0.29) is 5.49 Å². The second kappa shape index (κ2) is 3.65. The number of nitrogens with zero attached hydrogens (tertiary/aromatic N) is 2. The molecule has 6 heteroatoms. The van der Waals surface area contributed by atoms with E-state index in [1.807, 2.05) is 0 Å². The lowest BCUT2D eigenvalue weighted by atomic mass is 10.5. The van der Waals surface area contributed by atoms with Crippen molar-refractivity contribution in [2.45, 2.75) is 6.18 Å². The second-order valence-electron chi connectivity index (χ2n) is 2.58. The number of carbonyl (C=O) groups is 1. The zero-order valence-electron chi connectivity index (χ0n) is 7.25. The number of hydrogen-bond donors (Lipinski definition) is 0. The monoisotopic (exact) mass is 204 g/mol. The molecule has 0 atom stereocenters. The van der Waals surface area contributed by atoms with Crippen molar-refractivity contribution in [3.63, 3.8) is 0 Å². The van der Waals surface area contributed by atoms with Gasteiger partial charge in [0.05, 0.1) is 0 Å². The average molecular weight is 204 g/mol. The molecule has 1 amide bonds. The smallest absolute Gasteiger partial charge is 0.336 e. The maximum absolute atomic E-state index is 11.8. The van der Waals surface area contributed by atoms with Crippen LogP contribution in [0.5, 0.6) is 0 Å². The highest BCUT2D eigenvalue weighted by molar-refractivity contribution is 5.82. The number of alkyl halides is 3. The van der Waals surface area contributed by atoms with E-state index in [1.54, 1.807) is 6.07 Å². The lowest BCUT2D eigenvalue weighted by Gasteiger charge is -2.00. The molecule has 1 rings (SSSR count). The van der Waals surface area contributed by atoms with Gasteiger partial charge in [0, 0.05) is 13.2 Å². The first kappa shape index (κ1) is 10.5. The molecule has 1 aromatic heterocycles. The molecule has 3 nitrogen and oxygen atoms in total. The number of aromatic nitrogens is 1. The number of rotatable bonds is 0. The van der Waals surface area contributed by atoms with Crippen LogP contribution in [0.25, 0.3) is 0 Å². The molecule has 0 saturated carbocycles. The Bertz CT molecular complexity index is 406. The van der Waals surface area contributed by atoms with Gasteiger partial charge in [0.25, 0.3) is 0 Å². The predicted molar refractivity (Wildman–Crippen MR) is 42.0 cm³/mol. The molecule has 0 bridgehead atoms. The fraction of sp³-hybridized carbons (Fsp3) is 0.250. The molecule has 0 unspecified atom stereocenters. The summed E-state index contributed by atoms with van der Waals surface area (Å²) >= 11 is 0. The highest BCUT2D eigenvalue weighted by Crippen LogP contribution is 2.15. The summed E-state index contributed by atoms with van der Waals surface area (Å²) in [4.78, 5) is 13.4. The van der Waals surface area contributed by atoms with Gasteiger partial charge in [0.15, 0.2) is 0 Å². The van der Waals surface area contributed by atoms with Crippen molar-refractivity contribution in [1.29, 1.82) is 0 Å². The topological polar surface area (TPSA) is 34.4 Å². The Morgan fingerprint density at radius 3 is 2.57 bits per heavy atom. The van der Waals surface area contributed by atoms with Gasteiger partial charge in [-0.1, -0.05) is 6.07 Å². The van der Waals surface area contributed by atoms with Crippen molar-refractivity contribution >= 4 is 5.91 Å². The lowest BCUT2D eigenvalue weighted by molar-refractivity contribution is -0.169. The van der Waals surface area contributed by atoms with Crippen LogP contribution in [0.2, 0.25) is 0 Å². The van der Waals surface area contributed by atoms with E-state index in [2.05, 4.69) is 4.99 Å². The molecule has 76 valence electrons. The van der Waals surface area contributed by atoms with Gasteiger partial charge < -0.3 is 4.57 Å². The molecule has 0 aliphatic carbocycles. The molecule has 0 N–H and O–H groups in total. The minimum atomic E-state index is -4.91. The summed E-state index contributed by atoms with van der Waals surface area (Å²) in [5.74, 6) is -2.10. The van der Waals surface area contributed by atoms with Crippen molar-refractivity contribution in [3.8, 4) is 0 Å². The first-order chi connectivity index (χ1) is 6.41. The quantitative estimate of drug-likeness (QED) is 0.621. The number of pyridine rings is 1. The van der Waals surface area contributed by atoms with Crippen molar-refractivity contribution in [3.05, 3.63) is 29.9 Å². The van der Waals surface area contributed by atoms with Gasteiger partial charge in [-0.05, 0) is 12.1 Å². The van der Waals surface area contributed by atoms with E-state index in [0.29, 0.717) is 0 Å².